The second kappa shape index (κ2) is 6.01. The summed E-state index contributed by atoms with van der Waals surface area (Å²) in [5.41, 5.74) is 2.21. The standard InChI is InChI=1S/C16H25BrN2O2/c1-3-12-14(17)13(19(4-2)18-12)9-16(10-20)7-8-21-15(16)11-5-6-11/h11,15,20H,3-10H2,1-2H3. The first kappa shape index (κ1) is 15.5. The van der Waals surface area contributed by atoms with Crippen molar-refractivity contribution in [1.29, 1.82) is 0 Å². The Balaban J connectivity index is 1.91. The highest BCUT2D eigenvalue weighted by Gasteiger charge is 2.51. The lowest BCUT2D eigenvalue weighted by Crippen LogP contribution is -2.39. The van der Waals surface area contributed by atoms with Gasteiger partial charge in [-0.1, -0.05) is 6.92 Å². The summed E-state index contributed by atoms with van der Waals surface area (Å²) in [5, 5.41) is 14.8. The van der Waals surface area contributed by atoms with Gasteiger partial charge in [-0.25, -0.2) is 0 Å². The summed E-state index contributed by atoms with van der Waals surface area (Å²) in [6, 6.07) is 0. The molecule has 1 N–H and O–H groups in total. The Bertz CT molecular complexity index is 513. The number of rotatable bonds is 6. The average Bonchev–Trinajstić information content (AvgIpc) is 3.19. The predicted molar refractivity (Wildman–Crippen MR) is 85.3 cm³/mol. The van der Waals surface area contributed by atoms with Gasteiger partial charge in [-0.05, 0) is 54.5 Å². The van der Waals surface area contributed by atoms with Crippen LogP contribution in [-0.2, 0) is 24.1 Å². The molecule has 1 aliphatic carbocycles. The number of ether oxygens (including phenoxy) is 1. The van der Waals surface area contributed by atoms with Crippen LogP contribution in [0.4, 0.5) is 0 Å². The van der Waals surface area contributed by atoms with Gasteiger partial charge in [0.2, 0.25) is 0 Å². The zero-order valence-electron chi connectivity index (χ0n) is 12.9. The molecule has 1 aliphatic heterocycles. The van der Waals surface area contributed by atoms with Crippen LogP contribution in [0.2, 0.25) is 0 Å². The van der Waals surface area contributed by atoms with Gasteiger partial charge in [0.25, 0.3) is 0 Å². The highest BCUT2D eigenvalue weighted by molar-refractivity contribution is 9.10. The van der Waals surface area contributed by atoms with Crippen LogP contribution in [0.5, 0.6) is 0 Å². The third kappa shape index (κ3) is 2.68. The molecule has 2 fully saturated rings. The topological polar surface area (TPSA) is 47.3 Å². The van der Waals surface area contributed by atoms with Crippen molar-refractivity contribution >= 4 is 15.9 Å². The number of nitrogens with zero attached hydrogens (tertiary/aromatic N) is 2. The monoisotopic (exact) mass is 356 g/mol. The maximum atomic E-state index is 10.1. The van der Waals surface area contributed by atoms with Crippen LogP contribution >= 0.6 is 15.9 Å². The van der Waals surface area contributed by atoms with Crippen LogP contribution in [0.1, 0.15) is 44.5 Å². The molecule has 118 valence electrons. The van der Waals surface area contributed by atoms with Gasteiger partial charge >= 0.3 is 0 Å². The van der Waals surface area contributed by atoms with Crippen LogP contribution in [0.3, 0.4) is 0 Å². The molecule has 0 spiro atoms. The Morgan fingerprint density at radius 3 is 2.76 bits per heavy atom. The second-order valence-corrected chi connectivity index (χ2v) is 7.25. The minimum Gasteiger partial charge on any atom is -0.396 e. The Hall–Kier alpha value is -0.390. The zero-order valence-corrected chi connectivity index (χ0v) is 14.5. The fourth-order valence-electron chi connectivity index (χ4n) is 3.68. The number of halogens is 1. The van der Waals surface area contributed by atoms with Crippen LogP contribution < -0.4 is 0 Å². The molecule has 2 atom stereocenters. The van der Waals surface area contributed by atoms with Crippen molar-refractivity contribution in [2.24, 2.45) is 11.3 Å². The Labute approximate surface area is 135 Å². The van der Waals surface area contributed by atoms with Crippen molar-refractivity contribution < 1.29 is 9.84 Å². The molecule has 0 radical (unpaired) electrons. The van der Waals surface area contributed by atoms with Gasteiger partial charge in [0, 0.05) is 25.0 Å². The van der Waals surface area contributed by atoms with E-state index in [0.29, 0.717) is 5.92 Å². The lowest BCUT2D eigenvalue weighted by molar-refractivity contribution is -0.000480. The summed E-state index contributed by atoms with van der Waals surface area (Å²) in [5.74, 6) is 0.655. The van der Waals surface area contributed by atoms with Gasteiger partial charge in [-0.3, -0.25) is 4.68 Å². The van der Waals surface area contributed by atoms with E-state index >= 15 is 0 Å². The molecule has 1 saturated heterocycles. The van der Waals surface area contributed by atoms with Gasteiger partial charge < -0.3 is 9.84 Å². The van der Waals surface area contributed by atoms with E-state index in [1.807, 2.05) is 0 Å². The lowest BCUT2D eigenvalue weighted by atomic mass is 9.76. The minimum atomic E-state index is -0.123. The normalized spacial score (nSPS) is 29.2. The fourth-order valence-corrected chi connectivity index (χ4v) is 4.38. The van der Waals surface area contributed by atoms with Crippen molar-refractivity contribution in [2.75, 3.05) is 13.2 Å². The molecule has 1 saturated carbocycles. The molecule has 1 aromatic heterocycles. The van der Waals surface area contributed by atoms with Gasteiger partial charge in [0.1, 0.15) is 0 Å². The van der Waals surface area contributed by atoms with Crippen LogP contribution in [0, 0.1) is 11.3 Å². The summed E-state index contributed by atoms with van der Waals surface area (Å²) < 4.78 is 9.21. The molecule has 2 heterocycles. The van der Waals surface area contributed by atoms with E-state index in [2.05, 4.69) is 39.6 Å². The summed E-state index contributed by atoms with van der Waals surface area (Å²) in [6.45, 7) is 6.10. The molecule has 4 nitrogen and oxygen atoms in total. The van der Waals surface area contributed by atoms with Crippen molar-refractivity contribution in [1.82, 2.24) is 9.78 Å². The summed E-state index contributed by atoms with van der Waals surface area (Å²) >= 11 is 3.73. The first-order valence-corrected chi connectivity index (χ1v) is 8.91. The largest absolute Gasteiger partial charge is 0.396 e. The van der Waals surface area contributed by atoms with Crippen molar-refractivity contribution in [2.45, 2.75) is 58.6 Å². The van der Waals surface area contributed by atoms with Crippen molar-refractivity contribution in [3.05, 3.63) is 15.9 Å². The van der Waals surface area contributed by atoms with Crippen LogP contribution in [0.15, 0.2) is 4.47 Å². The van der Waals surface area contributed by atoms with E-state index in [-0.39, 0.29) is 18.1 Å². The number of aromatic nitrogens is 2. The molecular weight excluding hydrogens is 332 g/mol. The van der Waals surface area contributed by atoms with Gasteiger partial charge in [-0.15, -0.1) is 0 Å². The zero-order chi connectivity index (χ0) is 15.0. The molecular formula is C16H25BrN2O2. The summed E-state index contributed by atoms with van der Waals surface area (Å²) in [6.07, 6.45) is 5.45. The average molecular weight is 357 g/mol. The first-order valence-electron chi connectivity index (χ1n) is 8.11. The van der Waals surface area contributed by atoms with E-state index in [0.717, 1.165) is 42.6 Å². The van der Waals surface area contributed by atoms with Crippen LogP contribution in [0.25, 0.3) is 0 Å². The van der Waals surface area contributed by atoms with Gasteiger partial charge in [0.15, 0.2) is 0 Å². The van der Waals surface area contributed by atoms with E-state index < -0.39 is 0 Å². The summed E-state index contributed by atoms with van der Waals surface area (Å²) in [4.78, 5) is 0. The van der Waals surface area contributed by atoms with Crippen molar-refractivity contribution in [3.63, 3.8) is 0 Å². The van der Waals surface area contributed by atoms with E-state index in [1.54, 1.807) is 0 Å². The number of aliphatic hydroxyl groups excluding tert-OH is 1. The minimum absolute atomic E-state index is 0.123. The molecule has 21 heavy (non-hydrogen) atoms. The lowest BCUT2D eigenvalue weighted by Gasteiger charge is -2.32. The highest BCUT2D eigenvalue weighted by Crippen LogP contribution is 2.49. The van der Waals surface area contributed by atoms with Gasteiger partial charge in [-0.2, -0.15) is 5.10 Å². The maximum absolute atomic E-state index is 10.1. The number of hydrogen-bond donors (Lipinski definition) is 1. The predicted octanol–water partition coefficient (Wildman–Crippen LogP) is 2.95. The van der Waals surface area contributed by atoms with E-state index in [9.17, 15) is 5.11 Å². The highest BCUT2D eigenvalue weighted by atomic mass is 79.9. The molecule has 0 amide bonds. The molecule has 0 bridgehead atoms. The van der Waals surface area contributed by atoms with E-state index in [1.165, 1.54) is 18.5 Å². The third-order valence-corrected chi connectivity index (χ3v) is 5.99. The number of aliphatic hydroxyl groups is 1. The maximum Gasteiger partial charge on any atom is 0.0766 e. The second-order valence-electron chi connectivity index (χ2n) is 6.45. The molecule has 2 unspecified atom stereocenters. The third-order valence-electron chi connectivity index (χ3n) is 5.08. The Morgan fingerprint density at radius 2 is 2.19 bits per heavy atom. The Kier molecular flexibility index (Phi) is 4.44. The smallest absolute Gasteiger partial charge is 0.0766 e. The van der Waals surface area contributed by atoms with Crippen LogP contribution in [-0.4, -0.2) is 34.2 Å². The molecule has 0 aromatic carbocycles. The fraction of sp³-hybridized carbons (Fsp3) is 0.812. The molecule has 1 aromatic rings. The molecule has 3 rings (SSSR count). The molecule has 5 heteroatoms. The first-order chi connectivity index (χ1) is 10.1. The number of aryl methyl sites for hydroxylation is 2. The Morgan fingerprint density at radius 1 is 1.43 bits per heavy atom. The molecule has 2 aliphatic rings. The number of hydrogen-bond acceptors (Lipinski definition) is 3. The quantitative estimate of drug-likeness (QED) is 0.852. The van der Waals surface area contributed by atoms with Gasteiger partial charge in [0.05, 0.1) is 28.6 Å². The SMILES string of the molecule is CCc1nn(CC)c(CC2(CO)CCOC2C2CC2)c1Br. The van der Waals surface area contributed by atoms with E-state index in [4.69, 9.17) is 4.74 Å². The van der Waals surface area contributed by atoms with Crippen molar-refractivity contribution in [3.8, 4) is 0 Å². The summed E-state index contributed by atoms with van der Waals surface area (Å²) in [7, 11) is 0.